The van der Waals surface area contributed by atoms with Gasteiger partial charge in [-0.3, -0.25) is 4.79 Å². The minimum absolute atomic E-state index is 0.106. The summed E-state index contributed by atoms with van der Waals surface area (Å²) >= 11 is 3.32. The zero-order valence-electron chi connectivity index (χ0n) is 12.6. The molecule has 5 nitrogen and oxygen atoms in total. The molecule has 1 aromatic rings. The summed E-state index contributed by atoms with van der Waals surface area (Å²) in [6, 6.07) is 7.57. The lowest BCUT2D eigenvalue weighted by molar-refractivity contribution is -0.129. The number of hydrogen-bond acceptors (Lipinski definition) is 4. The lowest BCUT2D eigenvalue weighted by Gasteiger charge is -2.31. The van der Waals surface area contributed by atoms with Gasteiger partial charge in [-0.2, -0.15) is 0 Å². The molecule has 1 saturated heterocycles. The maximum atomic E-state index is 12.2. The van der Waals surface area contributed by atoms with E-state index in [1.807, 2.05) is 13.1 Å². The smallest absolute Gasteiger partial charge is 0.237 e. The van der Waals surface area contributed by atoms with Gasteiger partial charge < -0.3 is 10.2 Å². The van der Waals surface area contributed by atoms with Gasteiger partial charge in [-0.15, -0.1) is 0 Å². The van der Waals surface area contributed by atoms with Gasteiger partial charge >= 0.3 is 0 Å². The van der Waals surface area contributed by atoms with Crippen molar-refractivity contribution in [3.05, 3.63) is 34.3 Å². The fourth-order valence-electron chi connectivity index (χ4n) is 2.63. The molecule has 1 amide bonds. The molecule has 0 spiro atoms. The Kier molecular flexibility index (Phi) is 6.00. The zero-order valence-corrected chi connectivity index (χ0v) is 15.0. The highest BCUT2D eigenvalue weighted by atomic mass is 79.9. The van der Waals surface area contributed by atoms with Crippen molar-refractivity contribution < 1.29 is 13.2 Å². The van der Waals surface area contributed by atoms with Gasteiger partial charge in [-0.1, -0.05) is 28.1 Å². The highest BCUT2D eigenvalue weighted by molar-refractivity contribution is 9.10. The number of piperidine rings is 1. The van der Waals surface area contributed by atoms with Crippen molar-refractivity contribution in [2.75, 3.05) is 25.9 Å². The number of nitrogens with one attached hydrogen (secondary N) is 1. The summed E-state index contributed by atoms with van der Waals surface area (Å²) in [5, 5.41) is 3.19. The summed E-state index contributed by atoms with van der Waals surface area (Å²) in [6.45, 7) is 1.24. The molecule has 2 rings (SSSR count). The van der Waals surface area contributed by atoms with Crippen LogP contribution in [-0.2, 0) is 20.4 Å². The molecule has 122 valence electrons. The van der Waals surface area contributed by atoms with E-state index in [0.717, 1.165) is 17.3 Å². The molecule has 7 heteroatoms. The van der Waals surface area contributed by atoms with Gasteiger partial charge in [-0.25, -0.2) is 8.42 Å². The lowest BCUT2D eigenvalue weighted by atomic mass is 10.1. The van der Waals surface area contributed by atoms with E-state index in [1.165, 1.54) is 0 Å². The van der Waals surface area contributed by atoms with E-state index in [1.54, 1.807) is 23.1 Å². The van der Waals surface area contributed by atoms with Crippen LogP contribution in [0.1, 0.15) is 18.4 Å². The molecule has 22 heavy (non-hydrogen) atoms. The first kappa shape index (κ1) is 17.4. The van der Waals surface area contributed by atoms with Crippen molar-refractivity contribution in [3.8, 4) is 0 Å². The van der Waals surface area contributed by atoms with Crippen molar-refractivity contribution in [3.63, 3.8) is 0 Å². The van der Waals surface area contributed by atoms with E-state index in [9.17, 15) is 13.2 Å². The molecule has 1 aliphatic heterocycles. The SMILES string of the molecule is CNC1CCN(C(=O)CS(=O)(=O)Cc2cccc(Br)c2)CC1. The van der Waals surface area contributed by atoms with E-state index in [2.05, 4.69) is 21.2 Å². The number of carbonyl (C=O) groups excluding carboxylic acids is 1. The van der Waals surface area contributed by atoms with Crippen LogP contribution in [0.4, 0.5) is 0 Å². The van der Waals surface area contributed by atoms with E-state index in [4.69, 9.17) is 0 Å². The topological polar surface area (TPSA) is 66.5 Å². The molecular weight excluding hydrogens is 368 g/mol. The van der Waals surface area contributed by atoms with Crippen molar-refractivity contribution in [1.82, 2.24) is 10.2 Å². The second kappa shape index (κ2) is 7.57. The third-order valence-corrected chi connectivity index (χ3v) is 5.83. The van der Waals surface area contributed by atoms with Crippen molar-refractivity contribution >= 4 is 31.7 Å². The van der Waals surface area contributed by atoms with Crippen LogP contribution in [0, 0.1) is 0 Å². The molecule has 0 unspecified atom stereocenters. The summed E-state index contributed by atoms with van der Waals surface area (Å²) in [4.78, 5) is 13.8. The quantitative estimate of drug-likeness (QED) is 0.831. The molecule has 0 atom stereocenters. The van der Waals surface area contributed by atoms with Gasteiger partial charge in [0.15, 0.2) is 9.84 Å². The number of nitrogens with zero attached hydrogens (tertiary/aromatic N) is 1. The van der Waals surface area contributed by atoms with Crippen LogP contribution >= 0.6 is 15.9 Å². The average Bonchev–Trinajstić information content (AvgIpc) is 2.46. The number of likely N-dealkylation sites (tertiary alicyclic amines) is 1. The van der Waals surface area contributed by atoms with Crippen LogP contribution in [0.25, 0.3) is 0 Å². The molecule has 0 aromatic heterocycles. The number of carbonyl (C=O) groups is 1. The third-order valence-electron chi connectivity index (χ3n) is 3.87. The fourth-order valence-corrected chi connectivity index (χ4v) is 4.42. The Morgan fingerprint density at radius 2 is 2.05 bits per heavy atom. The van der Waals surface area contributed by atoms with E-state index in [0.29, 0.717) is 24.7 Å². The van der Waals surface area contributed by atoms with E-state index >= 15 is 0 Å². The van der Waals surface area contributed by atoms with Crippen molar-refractivity contribution in [2.45, 2.75) is 24.6 Å². The highest BCUT2D eigenvalue weighted by Crippen LogP contribution is 2.15. The predicted molar refractivity (Wildman–Crippen MR) is 90.3 cm³/mol. The summed E-state index contributed by atoms with van der Waals surface area (Å²) in [6.07, 6.45) is 1.74. The second-order valence-electron chi connectivity index (χ2n) is 5.61. The summed E-state index contributed by atoms with van der Waals surface area (Å²) in [7, 11) is -1.54. The maximum Gasteiger partial charge on any atom is 0.237 e. The zero-order chi connectivity index (χ0) is 16.2. The van der Waals surface area contributed by atoms with Crippen LogP contribution in [0.2, 0.25) is 0 Å². The molecule has 1 fully saturated rings. The van der Waals surface area contributed by atoms with E-state index < -0.39 is 15.6 Å². The molecule has 1 N–H and O–H groups in total. The fraction of sp³-hybridized carbons (Fsp3) is 0.533. The number of rotatable bonds is 5. The minimum atomic E-state index is -3.45. The van der Waals surface area contributed by atoms with Gasteiger partial charge in [0, 0.05) is 23.6 Å². The maximum absolute atomic E-state index is 12.2. The Labute approximate surface area is 140 Å². The number of benzene rings is 1. The van der Waals surface area contributed by atoms with Crippen LogP contribution in [0.15, 0.2) is 28.7 Å². The molecule has 1 aromatic carbocycles. The van der Waals surface area contributed by atoms with Crippen LogP contribution in [-0.4, -0.2) is 51.2 Å². The summed E-state index contributed by atoms with van der Waals surface area (Å²) in [5.41, 5.74) is 0.691. The number of hydrogen-bond donors (Lipinski definition) is 1. The van der Waals surface area contributed by atoms with E-state index in [-0.39, 0.29) is 11.7 Å². The monoisotopic (exact) mass is 388 g/mol. The first-order chi connectivity index (χ1) is 10.4. The van der Waals surface area contributed by atoms with Gasteiger partial charge in [0.05, 0.1) is 5.75 Å². The van der Waals surface area contributed by atoms with Crippen molar-refractivity contribution in [1.29, 1.82) is 0 Å². The number of sulfone groups is 1. The predicted octanol–water partition coefficient (Wildman–Crippen LogP) is 1.57. The number of amides is 1. The standard InChI is InChI=1S/C15H21BrN2O3S/c1-17-14-5-7-18(8-6-14)15(19)11-22(20,21)10-12-3-2-4-13(16)9-12/h2-4,9,14,17H,5-8,10-11H2,1H3. The van der Waals surface area contributed by atoms with Crippen molar-refractivity contribution in [2.24, 2.45) is 0 Å². The Morgan fingerprint density at radius 1 is 1.36 bits per heavy atom. The van der Waals surface area contributed by atoms with Crippen LogP contribution in [0.5, 0.6) is 0 Å². The van der Waals surface area contributed by atoms with Gasteiger partial charge in [0.25, 0.3) is 0 Å². The Balaban J connectivity index is 1.92. The van der Waals surface area contributed by atoms with Gasteiger partial charge in [0.2, 0.25) is 5.91 Å². The molecule has 0 bridgehead atoms. The normalized spacial score (nSPS) is 16.7. The third kappa shape index (κ3) is 5.07. The minimum Gasteiger partial charge on any atom is -0.342 e. The molecule has 0 aliphatic carbocycles. The Morgan fingerprint density at radius 3 is 2.64 bits per heavy atom. The summed E-state index contributed by atoms with van der Waals surface area (Å²) < 4.78 is 25.3. The number of halogens is 1. The first-order valence-corrected chi connectivity index (χ1v) is 9.91. The Hall–Kier alpha value is -0.920. The first-order valence-electron chi connectivity index (χ1n) is 7.29. The second-order valence-corrected chi connectivity index (χ2v) is 8.59. The van der Waals surface area contributed by atoms with Gasteiger partial charge in [-0.05, 0) is 37.6 Å². The molecule has 0 radical (unpaired) electrons. The molecule has 0 saturated carbocycles. The lowest BCUT2D eigenvalue weighted by Crippen LogP contribution is -2.45. The largest absolute Gasteiger partial charge is 0.342 e. The average molecular weight is 389 g/mol. The Bertz CT molecular complexity index is 625. The highest BCUT2D eigenvalue weighted by Gasteiger charge is 2.25. The van der Waals surface area contributed by atoms with Crippen LogP contribution < -0.4 is 5.32 Å². The molecule has 1 heterocycles. The molecular formula is C15H21BrN2O3S. The molecule has 1 aliphatic rings. The summed E-state index contributed by atoms with van der Waals surface area (Å²) in [5.74, 6) is -0.806. The van der Waals surface area contributed by atoms with Crippen LogP contribution in [0.3, 0.4) is 0 Å². The van der Waals surface area contributed by atoms with Gasteiger partial charge in [0.1, 0.15) is 5.75 Å².